The summed E-state index contributed by atoms with van der Waals surface area (Å²) in [6.07, 6.45) is 7.78. The molecule has 1 aliphatic rings. The minimum atomic E-state index is -0.356. The Balaban J connectivity index is 2.12. The van der Waals surface area contributed by atoms with Gasteiger partial charge in [-0.2, -0.15) is 0 Å². The number of carbonyl (C=O) groups is 2. The molecule has 1 heterocycles. The van der Waals surface area contributed by atoms with Crippen molar-refractivity contribution in [3.63, 3.8) is 0 Å². The average molecular weight is 399 g/mol. The number of aliphatic hydroxyl groups is 1. The highest BCUT2D eigenvalue weighted by atomic mass is 16.5. The molecule has 2 N–H and O–H groups in total. The van der Waals surface area contributed by atoms with E-state index in [0.717, 1.165) is 58.2 Å². The first-order valence-electron chi connectivity index (χ1n) is 10.9. The molecule has 1 rings (SSSR count). The average Bonchev–Trinajstić information content (AvgIpc) is 2.87. The largest absolute Gasteiger partial charge is 0.396 e. The number of carbonyl (C=O) groups excluding carboxylic acids is 2. The molecule has 28 heavy (non-hydrogen) atoms. The number of amides is 3. The van der Waals surface area contributed by atoms with Crippen molar-refractivity contribution in [3.05, 3.63) is 0 Å². The highest BCUT2D eigenvalue weighted by molar-refractivity contribution is 6.04. The molecule has 0 aromatic heterocycles. The third-order valence-electron chi connectivity index (χ3n) is 5.67. The lowest BCUT2D eigenvalue weighted by Crippen LogP contribution is -2.39. The molecule has 0 saturated carbocycles. The zero-order chi connectivity index (χ0) is 21.2. The van der Waals surface area contributed by atoms with Gasteiger partial charge in [0, 0.05) is 26.4 Å². The number of imide groups is 1. The normalized spacial score (nSPS) is 18.1. The molecule has 1 saturated heterocycles. The van der Waals surface area contributed by atoms with Crippen molar-refractivity contribution in [1.29, 1.82) is 0 Å². The Bertz CT molecular complexity index is 491. The molecule has 1 aliphatic heterocycles. The van der Waals surface area contributed by atoms with Gasteiger partial charge in [0.25, 0.3) is 5.91 Å². The van der Waals surface area contributed by atoms with Crippen LogP contribution in [0.4, 0.5) is 4.79 Å². The molecule has 0 bridgehead atoms. The summed E-state index contributed by atoms with van der Waals surface area (Å²) in [6, 6.07) is -0.610. The lowest BCUT2D eigenvalue weighted by molar-refractivity contribution is -0.128. The number of hydrogen-bond donors (Lipinski definition) is 2. The zero-order valence-corrected chi connectivity index (χ0v) is 18.7. The number of hydrogen-bond acceptors (Lipinski definition) is 4. The predicted molar refractivity (Wildman–Crippen MR) is 112 cm³/mol. The lowest BCUT2D eigenvalue weighted by Gasteiger charge is -2.28. The van der Waals surface area contributed by atoms with Gasteiger partial charge in [0.1, 0.15) is 6.04 Å². The van der Waals surface area contributed by atoms with Gasteiger partial charge in [-0.05, 0) is 49.4 Å². The highest BCUT2D eigenvalue weighted by Crippen LogP contribution is 2.27. The summed E-state index contributed by atoms with van der Waals surface area (Å²) < 4.78 is 5.74. The number of ether oxygens (including phenoxy) is 1. The molecule has 0 aromatic rings. The summed E-state index contributed by atoms with van der Waals surface area (Å²) in [7, 11) is 0. The molecular weight excluding hydrogens is 356 g/mol. The molecule has 1 atom stereocenters. The summed E-state index contributed by atoms with van der Waals surface area (Å²) in [5.41, 5.74) is 0.124. The second kappa shape index (κ2) is 11.8. The number of aliphatic hydroxyl groups excluding tert-OH is 1. The first-order valence-corrected chi connectivity index (χ1v) is 10.9. The monoisotopic (exact) mass is 398 g/mol. The minimum absolute atomic E-state index is 0.0894. The van der Waals surface area contributed by atoms with Gasteiger partial charge in [0.2, 0.25) is 0 Å². The van der Waals surface area contributed by atoms with E-state index in [4.69, 9.17) is 9.84 Å². The van der Waals surface area contributed by atoms with E-state index in [0.29, 0.717) is 13.0 Å². The van der Waals surface area contributed by atoms with Crippen LogP contribution in [0.3, 0.4) is 0 Å². The van der Waals surface area contributed by atoms with Crippen molar-refractivity contribution in [2.45, 2.75) is 92.0 Å². The summed E-state index contributed by atoms with van der Waals surface area (Å²) in [4.78, 5) is 25.6. The van der Waals surface area contributed by atoms with Crippen LogP contribution in [-0.2, 0) is 9.53 Å². The Morgan fingerprint density at radius 1 is 0.964 bits per heavy atom. The highest BCUT2D eigenvalue weighted by Gasteiger charge is 2.39. The molecule has 6 heteroatoms. The van der Waals surface area contributed by atoms with Crippen LogP contribution in [0.15, 0.2) is 0 Å². The SMILES string of the molecule is CCC1NC(=O)N(CC(C)(C)CCCCOCCCCC(C)(C)CCO)C1=O. The standard InChI is InChI=1S/C22H42N2O4/c1-6-18-19(26)24(20(27)23-18)17-22(4,5)12-8-10-16-28-15-9-7-11-21(2,3)13-14-25/h18,25H,6-17H2,1-5H3,(H,23,27). The van der Waals surface area contributed by atoms with Gasteiger partial charge in [0.15, 0.2) is 0 Å². The van der Waals surface area contributed by atoms with Crippen LogP contribution < -0.4 is 5.32 Å². The zero-order valence-electron chi connectivity index (χ0n) is 18.7. The van der Waals surface area contributed by atoms with Crippen LogP contribution in [0.5, 0.6) is 0 Å². The van der Waals surface area contributed by atoms with Crippen molar-refractivity contribution >= 4 is 11.9 Å². The first kappa shape index (κ1) is 24.9. The van der Waals surface area contributed by atoms with E-state index in [2.05, 4.69) is 33.0 Å². The Labute approximate surface area is 171 Å². The van der Waals surface area contributed by atoms with Gasteiger partial charge in [-0.3, -0.25) is 9.69 Å². The maximum atomic E-state index is 12.2. The van der Waals surface area contributed by atoms with Crippen molar-refractivity contribution in [2.24, 2.45) is 10.8 Å². The quantitative estimate of drug-likeness (QED) is 0.321. The van der Waals surface area contributed by atoms with Crippen LogP contribution in [0.1, 0.15) is 86.0 Å². The van der Waals surface area contributed by atoms with Crippen molar-refractivity contribution in [3.8, 4) is 0 Å². The van der Waals surface area contributed by atoms with Gasteiger partial charge < -0.3 is 15.2 Å². The number of unbranched alkanes of at least 4 members (excludes halogenated alkanes) is 2. The van der Waals surface area contributed by atoms with Crippen LogP contribution in [-0.4, -0.2) is 54.4 Å². The number of nitrogens with zero attached hydrogens (tertiary/aromatic N) is 1. The third-order valence-corrected chi connectivity index (χ3v) is 5.67. The lowest BCUT2D eigenvalue weighted by atomic mass is 9.84. The molecule has 3 amide bonds. The molecule has 0 radical (unpaired) electrons. The van der Waals surface area contributed by atoms with Crippen LogP contribution in [0, 0.1) is 10.8 Å². The van der Waals surface area contributed by atoms with E-state index >= 15 is 0 Å². The van der Waals surface area contributed by atoms with E-state index < -0.39 is 0 Å². The minimum Gasteiger partial charge on any atom is -0.396 e. The predicted octanol–water partition coefficient (Wildman–Crippen LogP) is 4.11. The number of urea groups is 1. The van der Waals surface area contributed by atoms with Crippen molar-refractivity contribution in [1.82, 2.24) is 10.2 Å². The Morgan fingerprint density at radius 3 is 2.04 bits per heavy atom. The Kier molecular flexibility index (Phi) is 10.5. The van der Waals surface area contributed by atoms with Gasteiger partial charge in [-0.1, -0.05) is 47.5 Å². The third kappa shape index (κ3) is 8.91. The van der Waals surface area contributed by atoms with E-state index in [-0.39, 0.29) is 35.4 Å². The van der Waals surface area contributed by atoms with Gasteiger partial charge >= 0.3 is 6.03 Å². The van der Waals surface area contributed by atoms with Crippen molar-refractivity contribution < 1.29 is 19.4 Å². The first-order chi connectivity index (χ1) is 13.1. The topological polar surface area (TPSA) is 78.9 Å². The molecule has 164 valence electrons. The molecule has 6 nitrogen and oxygen atoms in total. The molecule has 1 unspecified atom stereocenters. The maximum absolute atomic E-state index is 12.2. The van der Waals surface area contributed by atoms with Crippen LogP contribution >= 0.6 is 0 Å². The van der Waals surface area contributed by atoms with E-state index in [9.17, 15) is 9.59 Å². The van der Waals surface area contributed by atoms with E-state index in [1.54, 1.807) is 0 Å². The fourth-order valence-corrected chi connectivity index (χ4v) is 3.66. The molecular formula is C22H42N2O4. The summed E-state index contributed by atoms with van der Waals surface area (Å²) in [5.74, 6) is -0.0916. The fourth-order valence-electron chi connectivity index (χ4n) is 3.66. The maximum Gasteiger partial charge on any atom is 0.324 e. The fraction of sp³-hybridized carbons (Fsp3) is 0.909. The second-order valence-electron chi connectivity index (χ2n) is 9.66. The number of nitrogens with one attached hydrogen (secondary N) is 1. The van der Waals surface area contributed by atoms with Gasteiger partial charge in [-0.25, -0.2) is 4.79 Å². The van der Waals surface area contributed by atoms with E-state index in [1.807, 2.05) is 6.92 Å². The second-order valence-corrected chi connectivity index (χ2v) is 9.66. The molecule has 1 fully saturated rings. The Morgan fingerprint density at radius 2 is 1.54 bits per heavy atom. The van der Waals surface area contributed by atoms with Gasteiger partial charge in [0.05, 0.1) is 0 Å². The molecule has 0 aromatic carbocycles. The Hall–Kier alpha value is -1.14. The molecule has 0 spiro atoms. The summed E-state index contributed by atoms with van der Waals surface area (Å²) in [6.45, 7) is 12.8. The van der Waals surface area contributed by atoms with Crippen LogP contribution in [0.25, 0.3) is 0 Å². The summed E-state index contributed by atoms with van der Waals surface area (Å²) in [5, 5.41) is 11.8. The van der Waals surface area contributed by atoms with Gasteiger partial charge in [-0.15, -0.1) is 0 Å². The van der Waals surface area contributed by atoms with E-state index in [1.165, 1.54) is 4.90 Å². The number of rotatable bonds is 15. The smallest absolute Gasteiger partial charge is 0.324 e. The molecule has 0 aliphatic carbocycles. The summed E-state index contributed by atoms with van der Waals surface area (Å²) >= 11 is 0. The van der Waals surface area contributed by atoms with Crippen LogP contribution in [0.2, 0.25) is 0 Å². The van der Waals surface area contributed by atoms with Crippen molar-refractivity contribution in [2.75, 3.05) is 26.4 Å².